The molecule has 34 heavy (non-hydrogen) atoms. The Morgan fingerprint density at radius 2 is 1.62 bits per heavy atom. The van der Waals surface area contributed by atoms with Crippen LogP contribution in [0.2, 0.25) is 0 Å². The highest BCUT2D eigenvalue weighted by Gasteiger charge is 2.22. The standard InChI is InChI=1S/C30H25NO3/c1-16-6-9-24-23(12-16)27-26(21-8-7-17(2)18(3)13-21)28-22-14-19(4)25(33-5)15-20(22)10-11-31(28)29(27)30(32)34-24/h6-15H,1-5H3. The quantitative estimate of drug-likeness (QED) is 0.262. The summed E-state index contributed by atoms with van der Waals surface area (Å²) in [6.45, 7) is 8.36. The Bertz CT molecular complexity index is 1850. The normalized spacial score (nSPS) is 11.8. The van der Waals surface area contributed by atoms with E-state index < -0.39 is 0 Å². The molecule has 0 saturated heterocycles. The monoisotopic (exact) mass is 447 g/mol. The molecule has 0 N–H and O–H groups in total. The minimum atomic E-state index is -0.332. The van der Waals surface area contributed by atoms with E-state index in [-0.39, 0.29) is 5.63 Å². The number of hydrogen-bond acceptors (Lipinski definition) is 3. The molecule has 6 aromatic rings. The molecule has 0 amide bonds. The van der Waals surface area contributed by atoms with Crippen molar-refractivity contribution in [1.29, 1.82) is 0 Å². The molecule has 3 heterocycles. The molecule has 168 valence electrons. The topological polar surface area (TPSA) is 43.9 Å². The van der Waals surface area contributed by atoms with Crippen LogP contribution in [0.4, 0.5) is 0 Å². The van der Waals surface area contributed by atoms with Gasteiger partial charge in [-0.15, -0.1) is 0 Å². The van der Waals surface area contributed by atoms with E-state index in [9.17, 15) is 4.79 Å². The lowest BCUT2D eigenvalue weighted by atomic mass is 9.95. The number of rotatable bonds is 2. The summed E-state index contributed by atoms with van der Waals surface area (Å²) < 4.78 is 13.4. The van der Waals surface area contributed by atoms with Gasteiger partial charge in [0.25, 0.3) is 0 Å². The number of nitrogens with zero attached hydrogens (tertiary/aromatic N) is 1. The van der Waals surface area contributed by atoms with E-state index in [4.69, 9.17) is 9.15 Å². The summed E-state index contributed by atoms with van der Waals surface area (Å²) in [4.78, 5) is 13.4. The van der Waals surface area contributed by atoms with Crippen molar-refractivity contribution in [2.75, 3.05) is 7.11 Å². The first-order chi connectivity index (χ1) is 16.4. The van der Waals surface area contributed by atoms with E-state index in [1.807, 2.05) is 35.7 Å². The maximum atomic E-state index is 13.4. The molecule has 6 rings (SSSR count). The third kappa shape index (κ3) is 2.81. The highest BCUT2D eigenvalue weighted by Crippen LogP contribution is 2.42. The van der Waals surface area contributed by atoms with Crippen LogP contribution in [0.25, 0.3) is 49.3 Å². The summed E-state index contributed by atoms with van der Waals surface area (Å²) in [5.74, 6) is 0.848. The molecule has 0 bridgehead atoms. The smallest absolute Gasteiger partial charge is 0.361 e. The van der Waals surface area contributed by atoms with E-state index in [1.165, 1.54) is 11.1 Å². The number of pyridine rings is 1. The molecule has 4 heteroatoms. The van der Waals surface area contributed by atoms with Crippen molar-refractivity contribution in [3.8, 4) is 16.9 Å². The largest absolute Gasteiger partial charge is 0.496 e. The van der Waals surface area contributed by atoms with Crippen molar-refractivity contribution in [2.24, 2.45) is 0 Å². The summed E-state index contributed by atoms with van der Waals surface area (Å²) in [6.07, 6.45) is 1.97. The Kier molecular flexibility index (Phi) is 4.37. The molecule has 3 aromatic carbocycles. The van der Waals surface area contributed by atoms with E-state index in [2.05, 4.69) is 57.2 Å². The van der Waals surface area contributed by atoms with Gasteiger partial charge in [0.15, 0.2) is 0 Å². The fraction of sp³-hybridized carbons (Fsp3) is 0.167. The highest BCUT2D eigenvalue weighted by molar-refractivity contribution is 6.21. The van der Waals surface area contributed by atoms with Crippen LogP contribution >= 0.6 is 0 Å². The molecule has 0 aliphatic heterocycles. The number of fused-ring (bicyclic) bond motifs is 7. The maximum Gasteiger partial charge on any atom is 0.361 e. The Balaban J connectivity index is 1.95. The number of methoxy groups -OCH3 is 1. The highest BCUT2D eigenvalue weighted by atomic mass is 16.5. The first-order valence-electron chi connectivity index (χ1n) is 11.4. The summed E-state index contributed by atoms with van der Waals surface area (Å²) >= 11 is 0. The molecule has 0 unspecified atom stereocenters. The second-order valence-electron chi connectivity index (χ2n) is 9.23. The molecule has 3 aromatic heterocycles. The average molecular weight is 448 g/mol. The van der Waals surface area contributed by atoms with Gasteiger partial charge in [0.1, 0.15) is 16.8 Å². The first kappa shape index (κ1) is 20.5. The predicted molar refractivity (Wildman–Crippen MR) is 139 cm³/mol. The molecule has 0 saturated carbocycles. The number of aryl methyl sites for hydroxylation is 4. The number of ether oxygens (including phenoxy) is 1. The van der Waals surface area contributed by atoms with Crippen LogP contribution in [0.5, 0.6) is 5.75 Å². The zero-order valence-corrected chi connectivity index (χ0v) is 19.9. The Labute approximate surface area is 197 Å². The lowest BCUT2D eigenvalue weighted by Gasteiger charge is -2.11. The van der Waals surface area contributed by atoms with Crippen LogP contribution in [0, 0.1) is 27.7 Å². The van der Waals surface area contributed by atoms with Gasteiger partial charge in [0.2, 0.25) is 0 Å². The third-order valence-electron chi connectivity index (χ3n) is 7.03. The maximum absolute atomic E-state index is 13.4. The third-order valence-corrected chi connectivity index (χ3v) is 7.03. The van der Waals surface area contributed by atoms with Crippen LogP contribution in [-0.4, -0.2) is 11.5 Å². The predicted octanol–water partition coefficient (Wildman–Crippen LogP) is 7.26. The molecule has 4 nitrogen and oxygen atoms in total. The average Bonchev–Trinajstić information content (AvgIpc) is 3.17. The van der Waals surface area contributed by atoms with Crippen LogP contribution in [0.1, 0.15) is 22.3 Å². The molecule has 0 spiro atoms. The van der Waals surface area contributed by atoms with E-state index in [0.29, 0.717) is 11.1 Å². The van der Waals surface area contributed by atoms with Crippen LogP contribution in [0.3, 0.4) is 0 Å². The Hall–Kier alpha value is -4.05. The van der Waals surface area contributed by atoms with Crippen molar-refractivity contribution >= 4 is 38.2 Å². The number of aromatic nitrogens is 1. The van der Waals surface area contributed by atoms with Crippen molar-refractivity contribution in [2.45, 2.75) is 27.7 Å². The van der Waals surface area contributed by atoms with Gasteiger partial charge in [-0.05, 0) is 85.7 Å². The van der Waals surface area contributed by atoms with Gasteiger partial charge in [-0.2, -0.15) is 0 Å². The van der Waals surface area contributed by atoms with E-state index in [0.717, 1.165) is 55.1 Å². The van der Waals surface area contributed by atoms with Gasteiger partial charge >= 0.3 is 5.63 Å². The Morgan fingerprint density at radius 3 is 2.38 bits per heavy atom. The summed E-state index contributed by atoms with van der Waals surface area (Å²) in [5.41, 5.74) is 8.60. The molecular weight excluding hydrogens is 422 g/mol. The second kappa shape index (κ2) is 7.22. The Morgan fingerprint density at radius 1 is 0.794 bits per heavy atom. The van der Waals surface area contributed by atoms with E-state index in [1.54, 1.807) is 7.11 Å². The SMILES string of the molecule is COc1cc2ccn3c(c(-c4ccc(C)c(C)c4)c4c5cc(C)ccc5oc(=O)c43)c2cc1C. The lowest BCUT2D eigenvalue weighted by Crippen LogP contribution is -2.02. The molecule has 0 atom stereocenters. The van der Waals surface area contributed by atoms with Gasteiger partial charge in [-0.1, -0.05) is 29.8 Å². The first-order valence-corrected chi connectivity index (χ1v) is 11.4. The van der Waals surface area contributed by atoms with E-state index >= 15 is 0 Å². The van der Waals surface area contributed by atoms with Crippen molar-refractivity contribution in [3.05, 3.63) is 93.5 Å². The fourth-order valence-electron chi connectivity index (χ4n) is 5.14. The van der Waals surface area contributed by atoms with Crippen LogP contribution in [0.15, 0.2) is 70.0 Å². The molecule has 0 fully saturated rings. The fourth-order valence-corrected chi connectivity index (χ4v) is 5.14. The van der Waals surface area contributed by atoms with Gasteiger partial charge in [-0.3, -0.25) is 0 Å². The van der Waals surface area contributed by atoms with Crippen molar-refractivity contribution < 1.29 is 9.15 Å². The van der Waals surface area contributed by atoms with Gasteiger partial charge in [-0.25, -0.2) is 4.79 Å². The van der Waals surface area contributed by atoms with Crippen LogP contribution in [-0.2, 0) is 0 Å². The zero-order valence-electron chi connectivity index (χ0n) is 19.9. The second-order valence-corrected chi connectivity index (χ2v) is 9.23. The minimum absolute atomic E-state index is 0.332. The van der Waals surface area contributed by atoms with Crippen molar-refractivity contribution in [1.82, 2.24) is 4.40 Å². The number of benzene rings is 3. The summed E-state index contributed by atoms with van der Waals surface area (Å²) in [7, 11) is 1.69. The summed E-state index contributed by atoms with van der Waals surface area (Å²) in [5, 5.41) is 4.02. The number of hydrogen-bond donors (Lipinski definition) is 0. The summed E-state index contributed by atoms with van der Waals surface area (Å²) in [6, 6.07) is 18.8. The van der Waals surface area contributed by atoms with Crippen LogP contribution < -0.4 is 10.4 Å². The van der Waals surface area contributed by atoms with Gasteiger partial charge < -0.3 is 13.6 Å². The molecule has 0 aliphatic rings. The molecule has 0 radical (unpaired) electrons. The lowest BCUT2D eigenvalue weighted by molar-refractivity contribution is 0.412. The van der Waals surface area contributed by atoms with Gasteiger partial charge in [0, 0.05) is 27.9 Å². The minimum Gasteiger partial charge on any atom is -0.496 e. The molecule has 0 aliphatic carbocycles. The molecular formula is C30H25NO3. The van der Waals surface area contributed by atoms with Gasteiger partial charge in [0.05, 0.1) is 12.6 Å². The van der Waals surface area contributed by atoms with Crippen molar-refractivity contribution in [3.63, 3.8) is 0 Å². The zero-order chi connectivity index (χ0) is 23.7.